The van der Waals surface area contributed by atoms with Gasteiger partial charge in [-0.15, -0.1) is 11.3 Å². The van der Waals surface area contributed by atoms with E-state index in [-0.39, 0.29) is 24.9 Å². The van der Waals surface area contributed by atoms with Crippen molar-refractivity contribution >= 4 is 39.1 Å². The zero-order valence-corrected chi connectivity index (χ0v) is 16.0. The number of thiophene rings is 1. The van der Waals surface area contributed by atoms with Crippen LogP contribution in [-0.2, 0) is 11.3 Å². The van der Waals surface area contributed by atoms with Gasteiger partial charge in [0.05, 0.1) is 34.5 Å². The van der Waals surface area contributed by atoms with Gasteiger partial charge in [-0.3, -0.25) is 9.78 Å². The van der Waals surface area contributed by atoms with Crippen molar-refractivity contribution in [2.45, 2.75) is 26.0 Å². The lowest BCUT2D eigenvalue weighted by Crippen LogP contribution is -2.47. The van der Waals surface area contributed by atoms with E-state index in [1.165, 1.54) is 18.2 Å². The summed E-state index contributed by atoms with van der Waals surface area (Å²) >= 11 is 7.57. The first kappa shape index (κ1) is 18.8. The van der Waals surface area contributed by atoms with Crippen molar-refractivity contribution in [3.63, 3.8) is 0 Å². The van der Waals surface area contributed by atoms with Crippen molar-refractivity contribution in [1.29, 1.82) is 0 Å². The molecule has 0 bridgehead atoms. The zero-order valence-electron chi connectivity index (χ0n) is 14.4. The summed E-state index contributed by atoms with van der Waals surface area (Å²) in [6.45, 7) is 4.13. The number of carbonyl (C=O) groups is 1. The van der Waals surface area contributed by atoms with Gasteiger partial charge in [0.25, 0.3) is 5.91 Å². The molecule has 3 aromatic rings. The maximum absolute atomic E-state index is 13.3. The second-order valence-corrected chi connectivity index (χ2v) is 7.95. The lowest BCUT2D eigenvalue weighted by molar-refractivity contribution is 0.0616. The number of nitrogens with zero attached hydrogens (tertiary/aromatic N) is 1. The number of nitrogens with one attached hydrogen (secondary N) is 1. The molecular weight excluding hydrogens is 375 g/mol. The molecule has 0 fully saturated rings. The number of ether oxygens (including phenoxy) is 1. The summed E-state index contributed by atoms with van der Waals surface area (Å²) in [6, 6.07) is 7.88. The summed E-state index contributed by atoms with van der Waals surface area (Å²) in [5.41, 5.74) is 1.34. The molecular formula is C19H18ClFN2O2S. The zero-order chi connectivity index (χ0) is 18.7. The molecule has 0 aliphatic carbocycles. The van der Waals surface area contributed by atoms with Crippen molar-refractivity contribution in [1.82, 2.24) is 10.3 Å². The van der Waals surface area contributed by atoms with E-state index >= 15 is 0 Å². The topological polar surface area (TPSA) is 51.2 Å². The highest BCUT2D eigenvalue weighted by Gasteiger charge is 2.22. The molecule has 0 saturated heterocycles. The Morgan fingerprint density at radius 1 is 1.35 bits per heavy atom. The van der Waals surface area contributed by atoms with Crippen LogP contribution in [0.1, 0.15) is 29.8 Å². The third kappa shape index (κ3) is 4.58. The summed E-state index contributed by atoms with van der Waals surface area (Å²) in [7, 11) is 0. The number of hydrogen-bond acceptors (Lipinski definition) is 4. The van der Waals surface area contributed by atoms with Crippen LogP contribution in [0.4, 0.5) is 4.39 Å². The molecule has 1 aromatic carbocycles. The summed E-state index contributed by atoms with van der Waals surface area (Å²) in [5.74, 6) is -0.581. The van der Waals surface area contributed by atoms with Crippen LogP contribution in [-0.4, -0.2) is 23.0 Å². The minimum atomic E-state index is -0.610. The van der Waals surface area contributed by atoms with Gasteiger partial charge in [0, 0.05) is 11.2 Å². The molecule has 0 atom stereocenters. The number of pyridine rings is 1. The van der Waals surface area contributed by atoms with Gasteiger partial charge in [0.1, 0.15) is 5.82 Å². The van der Waals surface area contributed by atoms with Gasteiger partial charge < -0.3 is 10.1 Å². The average Bonchev–Trinajstić information content (AvgIpc) is 3.05. The van der Waals surface area contributed by atoms with Crippen molar-refractivity contribution in [3.8, 4) is 0 Å². The molecule has 2 heterocycles. The van der Waals surface area contributed by atoms with Gasteiger partial charge in [-0.25, -0.2) is 4.39 Å². The smallest absolute Gasteiger partial charge is 0.253 e. The maximum atomic E-state index is 13.3. The first-order valence-corrected chi connectivity index (χ1v) is 9.27. The Bertz CT molecular complexity index is 942. The number of carbonyl (C=O) groups excluding carboxylic acids is 1. The van der Waals surface area contributed by atoms with E-state index in [4.69, 9.17) is 16.3 Å². The normalized spacial score (nSPS) is 11.7. The maximum Gasteiger partial charge on any atom is 0.253 e. The lowest BCUT2D eigenvalue weighted by Gasteiger charge is -2.26. The van der Waals surface area contributed by atoms with Gasteiger partial charge >= 0.3 is 0 Å². The van der Waals surface area contributed by atoms with E-state index in [1.54, 1.807) is 17.5 Å². The minimum absolute atomic E-state index is 0.165. The molecule has 0 aliphatic heterocycles. The molecule has 4 nitrogen and oxygen atoms in total. The van der Waals surface area contributed by atoms with E-state index in [1.807, 2.05) is 31.4 Å². The summed E-state index contributed by atoms with van der Waals surface area (Å²) < 4.78 is 19.9. The van der Waals surface area contributed by atoms with E-state index in [0.717, 1.165) is 10.2 Å². The molecule has 0 aliphatic rings. The molecule has 0 unspecified atom stereocenters. The predicted octanol–water partition coefficient (Wildman–Crippen LogP) is 4.81. The quantitative estimate of drug-likeness (QED) is 0.654. The standard InChI is InChI=1S/C19H18ClFN2O2S/c1-19(2,11-25-10-13-7-14(21)3-4-15(13)20)23-18(24)12-8-17-16(22-9-12)5-6-26-17/h3-9H,10-11H2,1-2H3,(H,23,24). The number of halogens is 2. The van der Waals surface area contributed by atoms with Crippen LogP contribution in [0.3, 0.4) is 0 Å². The third-order valence-corrected chi connectivity index (χ3v) is 4.97. The van der Waals surface area contributed by atoms with Crippen molar-refractivity contribution in [2.24, 2.45) is 0 Å². The number of amides is 1. The molecule has 1 amide bonds. The fraction of sp³-hybridized carbons (Fsp3) is 0.263. The summed E-state index contributed by atoms with van der Waals surface area (Å²) in [6.07, 6.45) is 1.56. The van der Waals surface area contributed by atoms with E-state index in [9.17, 15) is 9.18 Å². The third-order valence-electron chi connectivity index (χ3n) is 3.75. The van der Waals surface area contributed by atoms with Crippen molar-refractivity contribution in [2.75, 3.05) is 6.61 Å². The summed E-state index contributed by atoms with van der Waals surface area (Å²) in [5, 5.41) is 5.32. The summed E-state index contributed by atoms with van der Waals surface area (Å²) in [4.78, 5) is 16.8. The Labute approximate surface area is 160 Å². The Hall–Kier alpha value is -2.02. The highest BCUT2D eigenvalue weighted by molar-refractivity contribution is 7.17. The monoisotopic (exact) mass is 392 g/mol. The number of fused-ring (bicyclic) bond motifs is 1. The Balaban J connectivity index is 1.59. The highest BCUT2D eigenvalue weighted by atomic mass is 35.5. The first-order chi connectivity index (χ1) is 12.3. The second kappa shape index (κ2) is 7.70. The number of hydrogen-bond donors (Lipinski definition) is 1. The van der Waals surface area contributed by atoms with Crippen LogP contribution in [0, 0.1) is 5.82 Å². The fourth-order valence-electron chi connectivity index (χ4n) is 2.46. The van der Waals surface area contributed by atoms with Gasteiger partial charge in [-0.2, -0.15) is 0 Å². The van der Waals surface area contributed by atoms with Crippen LogP contribution in [0.2, 0.25) is 5.02 Å². The van der Waals surface area contributed by atoms with Crippen LogP contribution in [0.5, 0.6) is 0 Å². The molecule has 0 saturated carbocycles. The van der Waals surface area contributed by atoms with E-state index in [0.29, 0.717) is 16.1 Å². The van der Waals surface area contributed by atoms with Gasteiger partial charge in [0.15, 0.2) is 0 Å². The fourth-order valence-corrected chi connectivity index (χ4v) is 3.41. The van der Waals surface area contributed by atoms with Crippen LogP contribution in [0.25, 0.3) is 10.2 Å². The molecule has 2 aromatic heterocycles. The minimum Gasteiger partial charge on any atom is -0.374 e. The van der Waals surface area contributed by atoms with Crippen LogP contribution >= 0.6 is 22.9 Å². The van der Waals surface area contributed by atoms with Crippen molar-refractivity contribution in [3.05, 3.63) is 63.9 Å². The second-order valence-electron chi connectivity index (χ2n) is 6.59. The van der Waals surface area contributed by atoms with Crippen LogP contribution in [0.15, 0.2) is 41.9 Å². The molecule has 7 heteroatoms. The SMILES string of the molecule is CC(C)(COCc1cc(F)ccc1Cl)NC(=O)c1cnc2ccsc2c1. The van der Waals surface area contributed by atoms with Gasteiger partial charge in [0.2, 0.25) is 0 Å². The first-order valence-electron chi connectivity index (χ1n) is 8.01. The molecule has 0 radical (unpaired) electrons. The number of aromatic nitrogens is 1. The van der Waals surface area contributed by atoms with Gasteiger partial charge in [-0.1, -0.05) is 11.6 Å². The Kier molecular flexibility index (Phi) is 5.55. The Morgan fingerprint density at radius 3 is 2.96 bits per heavy atom. The number of benzene rings is 1. The van der Waals surface area contributed by atoms with E-state index in [2.05, 4.69) is 10.3 Å². The molecule has 3 rings (SSSR count). The lowest BCUT2D eigenvalue weighted by atomic mass is 10.1. The highest BCUT2D eigenvalue weighted by Crippen LogP contribution is 2.21. The van der Waals surface area contributed by atoms with Crippen LogP contribution < -0.4 is 5.32 Å². The van der Waals surface area contributed by atoms with Gasteiger partial charge in [-0.05, 0) is 55.1 Å². The average molecular weight is 393 g/mol. The molecule has 136 valence electrons. The van der Waals surface area contributed by atoms with E-state index < -0.39 is 5.54 Å². The number of rotatable bonds is 6. The molecule has 26 heavy (non-hydrogen) atoms. The largest absolute Gasteiger partial charge is 0.374 e. The Morgan fingerprint density at radius 2 is 2.15 bits per heavy atom. The van der Waals surface area contributed by atoms with Crippen molar-refractivity contribution < 1.29 is 13.9 Å². The molecule has 0 spiro atoms. The molecule has 1 N–H and O–H groups in total. The predicted molar refractivity (Wildman–Crippen MR) is 102 cm³/mol.